The number of rotatable bonds is 5. The molecule has 0 unspecified atom stereocenters. The second-order valence-electron chi connectivity index (χ2n) is 4.55. The van der Waals surface area contributed by atoms with Crippen LogP contribution in [0.25, 0.3) is 0 Å². The highest BCUT2D eigenvalue weighted by Crippen LogP contribution is 2.16. The van der Waals surface area contributed by atoms with Crippen molar-refractivity contribution in [3.05, 3.63) is 0 Å². The molecule has 0 aliphatic carbocycles. The zero-order valence-electron chi connectivity index (χ0n) is 10.1. The third-order valence-electron chi connectivity index (χ3n) is 3.22. The molecule has 0 aromatic carbocycles. The third-order valence-corrected chi connectivity index (χ3v) is 3.22. The summed E-state index contributed by atoms with van der Waals surface area (Å²) in [7, 11) is 1.93. The molecule has 1 aliphatic rings. The Morgan fingerprint density at radius 3 is 2.67 bits per heavy atom. The molecular weight excluding hydrogens is 188 g/mol. The van der Waals surface area contributed by atoms with E-state index in [1.54, 1.807) is 0 Å². The fraction of sp³-hybridized carbons (Fsp3) is 0.917. The monoisotopic (exact) mass is 212 g/mol. The second kappa shape index (κ2) is 6.83. The molecule has 0 aromatic heterocycles. The van der Waals surface area contributed by atoms with Gasteiger partial charge in [0.05, 0.1) is 0 Å². The van der Waals surface area contributed by atoms with E-state index in [0.29, 0.717) is 12.3 Å². The molecule has 1 N–H and O–H groups in total. The topological polar surface area (TPSA) is 32.3 Å². The molecule has 1 heterocycles. The molecule has 0 atom stereocenters. The maximum Gasteiger partial charge on any atom is 0.222 e. The van der Waals surface area contributed by atoms with Crippen LogP contribution in [0.5, 0.6) is 0 Å². The summed E-state index contributed by atoms with van der Waals surface area (Å²) in [6.45, 7) is 5.29. The Balaban J connectivity index is 2.14. The summed E-state index contributed by atoms with van der Waals surface area (Å²) in [5.41, 5.74) is 0. The van der Waals surface area contributed by atoms with Crippen LogP contribution in [0.15, 0.2) is 0 Å². The van der Waals surface area contributed by atoms with Gasteiger partial charge in [0.2, 0.25) is 5.91 Å². The van der Waals surface area contributed by atoms with Crippen LogP contribution in [0.2, 0.25) is 0 Å². The lowest BCUT2D eigenvalue weighted by Gasteiger charge is -2.25. The van der Waals surface area contributed by atoms with Gasteiger partial charge in [-0.25, -0.2) is 0 Å². The van der Waals surface area contributed by atoms with Gasteiger partial charge in [0.15, 0.2) is 0 Å². The lowest BCUT2D eigenvalue weighted by atomic mass is 9.94. The van der Waals surface area contributed by atoms with Gasteiger partial charge in [0, 0.05) is 20.0 Å². The molecule has 0 saturated carbocycles. The summed E-state index contributed by atoms with van der Waals surface area (Å²) in [4.78, 5) is 13.4. The average molecular weight is 212 g/mol. The molecule has 3 heteroatoms. The summed E-state index contributed by atoms with van der Waals surface area (Å²) in [6, 6.07) is 0. The van der Waals surface area contributed by atoms with Crippen LogP contribution in [0.4, 0.5) is 0 Å². The SMILES string of the molecule is CCCC(=O)N(C)CCC1CCNCC1. The quantitative estimate of drug-likeness (QED) is 0.751. The predicted molar refractivity (Wildman–Crippen MR) is 62.8 cm³/mol. The molecule has 0 radical (unpaired) electrons. The van der Waals surface area contributed by atoms with Gasteiger partial charge in [0.25, 0.3) is 0 Å². The van der Waals surface area contributed by atoms with Crippen molar-refractivity contribution < 1.29 is 4.79 Å². The van der Waals surface area contributed by atoms with Gasteiger partial charge >= 0.3 is 0 Å². The molecule has 1 rings (SSSR count). The minimum Gasteiger partial charge on any atom is -0.346 e. The molecule has 3 nitrogen and oxygen atoms in total. The zero-order valence-corrected chi connectivity index (χ0v) is 10.1. The van der Waals surface area contributed by atoms with Crippen molar-refractivity contribution in [2.24, 2.45) is 5.92 Å². The first-order valence-electron chi connectivity index (χ1n) is 6.18. The molecule has 0 spiro atoms. The van der Waals surface area contributed by atoms with Crippen molar-refractivity contribution in [1.82, 2.24) is 10.2 Å². The molecular formula is C12H24N2O. The van der Waals surface area contributed by atoms with E-state index >= 15 is 0 Å². The van der Waals surface area contributed by atoms with Gasteiger partial charge in [-0.15, -0.1) is 0 Å². The second-order valence-corrected chi connectivity index (χ2v) is 4.55. The van der Waals surface area contributed by atoms with E-state index in [2.05, 4.69) is 12.2 Å². The Bertz CT molecular complexity index is 188. The first kappa shape index (κ1) is 12.5. The Morgan fingerprint density at radius 2 is 2.07 bits per heavy atom. The number of nitrogens with one attached hydrogen (secondary N) is 1. The summed E-state index contributed by atoms with van der Waals surface area (Å²) < 4.78 is 0. The minimum atomic E-state index is 0.298. The first-order chi connectivity index (χ1) is 7.24. The lowest BCUT2D eigenvalue weighted by Crippen LogP contribution is -2.32. The summed E-state index contributed by atoms with van der Waals surface area (Å²) >= 11 is 0. The van der Waals surface area contributed by atoms with Crippen molar-refractivity contribution in [2.75, 3.05) is 26.7 Å². The lowest BCUT2D eigenvalue weighted by molar-refractivity contribution is -0.130. The highest BCUT2D eigenvalue weighted by molar-refractivity contribution is 5.75. The van der Waals surface area contributed by atoms with E-state index < -0.39 is 0 Å². The van der Waals surface area contributed by atoms with Gasteiger partial charge in [-0.2, -0.15) is 0 Å². The molecule has 1 aliphatic heterocycles. The predicted octanol–water partition coefficient (Wildman–Crippen LogP) is 1.63. The van der Waals surface area contributed by atoms with Crippen LogP contribution in [-0.2, 0) is 4.79 Å². The van der Waals surface area contributed by atoms with Crippen molar-refractivity contribution in [2.45, 2.75) is 39.0 Å². The van der Waals surface area contributed by atoms with Gasteiger partial charge < -0.3 is 10.2 Å². The van der Waals surface area contributed by atoms with Crippen LogP contribution in [0.1, 0.15) is 39.0 Å². The number of nitrogens with zero attached hydrogens (tertiary/aromatic N) is 1. The highest BCUT2D eigenvalue weighted by Gasteiger charge is 2.14. The van der Waals surface area contributed by atoms with E-state index in [9.17, 15) is 4.79 Å². The molecule has 1 amide bonds. The van der Waals surface area contributed by atoms with Crippen LogP contribution < -0.4 is 5.32 Å². The maximum atomic E-state index is 11.5. The van der Waals surface area contributed by atoms with Gasteiger partial charge in [-0.1, -0.05) is 6.92 Å². The number of amides is 1. The fourth-order valence-corrected chi connectivity index (χ4v) is 2.08. The molecule has 1 saturated heterocycles. The number of hydrogen-bond acceptors (Lipinski definition) is 2. The van der Waals surface area contributed by atoms with Gasteiger partial charge in [-0.05, 0) is 44.7 Å². The number of carbonyl (C=O) groups excluding carboxylic acids is 1. The third kappa shape index (κ3) is 4.65. The van der Waals surface area contributed by atoms with Crippen LogP contribution in [0, 0.1) is 5.92 Å². The Labute approximate surface area is 93.2 Å². The number of hydrogen-bond donors (Lipinski definition) is 1. The highest BCUT2D eigenvalue weighted by atomic mass is 16.2. The van der Waals surface area contributed by atoms with E-state index in [1.165, 1.54) is 19.3 Å². The standard InChI is InChI=1S/C12H24N2O/c1-3-4-12(15)14(2)10-7-11-5-8-13-9-6-11/h11,13H,3-10H2,1-2H3. The summed E-state index contributed by atoms with van der Waals surface area (Å²) in [5, 5.41) is 3.36. The van der Waals surface area contributed by atoms with Crippen LogP contribution in [-0.4, -0.2) is 37.5 Å². The number of carbonyl (C=O) groups is 1. The molecule has 0 aromatic rings. The fourth-order valence-electron chi connectivity index (χ4n) is 2.08. The molecule has 88 valence electrons. The van der Waals surface area contributed by atoms with Crippen LogP contribution >= 0.6 is 0 Å². The van der Waals surface area contributed by atoms with Crippen molar-refractivity contribution in [3.8, 4) is 0 Å². The molecule has 15 heavy (non-hydrogen) atoms. The van der Waals surface area contributed by atoms with Crippen LogP contribution in [0.3, 0.4) is 0 Å². The normalized spacial score (nSPS) is 17.7. The van der Waals surface area contributed by atoms with Crippen molar-refractivity contribution in [1.29, 1.82) is 0 Å². The largest absolute Gasteiger partial charge is 0.346 e. The minimum absolute atomic E-state index is 0.298. The first-order valence-corrected chi connectivity index (χ1v) is 6.18. The van der Waals surface area contributed by atoms with Crippen molar-refractivity contribution in [3.63, 3.8) is 0 Å². The Morgan fingerprint density at radius 1 is 1.40 bits per heavy atom. The number of piperidine rings is 1. The van der Waals surface area contributed by atoms with E-state index in [4.69, 9.17) is 0 Å². The van der Waals surface area contributed by atoms with Crippen molar-refractivity contribution >= 4 is 5.91 Å². The summed E-state index contributed by atoms with van der Waals surface area (Å²) in [6.07, 6.45) is 5.37. The molecule has 1 fully saturated rings. The Kier molecular flexibility index (Phi) is 5.69. The van der Waals surface area contributed by atoms with E-state index in [0.717, 1.165) is 32.0 Å². The smallest absolute Gasteiger partial charge is 0.222 e. The average Bonchev–Trinajstić information content (AvgIpc) is 2.27. The Hall–Kier alpha value is -0.570. The van der Waals surface area contributed by atoms with E-state index in [1.807, 2.05) is 11.9 Å². The van der Waals surface area contributed by atoms with E-state index in [-0.39, 0.29) is 0 Å². The summed E-state index contributed by atoms with van der Waals surface area (Å²) in [5.74, 6) is 1.12. The van der Waals surface area contributed by atoms with Gasteiger partial charge in [-0.3, -0.25) is 4.79 Å². The zero-order chi connectivity index (χ0) is 11.1. The van der Waals surface area contributed by atoms with Gasteiger partial charge in [0.1, 0.15) is 0 Å². The molecule has 0 bridgehead atoms. The maximum absolute atomic E-state index is 11.5.